The summed E-state index contributed by atoms with van der Waals surface area (Å²) in [5, 5.41) is 33.7. The zero-order valence-electron chi connectivity index (χ0n) is 24.7. The molecular formula is C32H55CuN8. The van der Waals surface area contributed by atoms with E-state index in [1.807, 2.05) is 0 Å². The average Bonchev–Trinajstić information content (AvgIpc) is 3.73. The molecule has 8 nitrogen and oxygen atoms in total. The molecule has 4 saturated carbocycles. The fourth-order valence-corrected chi connectivity index (χ4v) is 11.7. The number of hydrogen-bond donors (Lipinski definition) is 8. The maximum Gasteiger partial charge on any atom is 1.00 e. The van der Waals surface area contributed by atoms with Crippen LogP contribution in [0.5, 0.6) is 0 Å². The molecule has 0 amide bonds. The van der Waals surface area contributed by atoms with E-state index in [1.165, 1.54) is 96.3 Å². The second kappa shape index (κ2) is 11.8. The van der Waals surface area contributed by atoms with Gasteiger partial charge in [-0.25, -0.2) is 0 Å². The van der Waals surface area contributed by atoms with Crippen LogP contribution in [-0.4, -0.2) is 49.3 Å². The first-order valence-corrected chi connectivity index (χ1v) is 17.7. The topological polar surface area (TPSA) is 96.2 Å². The Balaban J connectivity index is 0.00000256. The zero-order chi connectivity index (χ0) is 26.2. The van der Waals surface area contributed by atoms with Crippen molar-refractivity contribution in [1.82, 2.24) is 42.5 Å². The van der Waals surface area contributed by atoms with E-state index in [9.17, 15) is 0 Å². The summed E-state index contributed by atoms with van der Waals surface area (Å²) in [6.07, 6.45) is 26.4. The van der Waals surface area contributed by atoms with Crippen LogP contribution in [0.2, 0.25) is 0 Å². The van der Waals surface area contributed by atoms with Crippen LogP contribution in [0.3, 0.4) is 0 Å². The molecule has 0 aromatic carbocycles. The Hall–Kier alpha value is 0.199. The second-order valence-electron chi connectivity index (χ2n) is 15.4. The smallest absolute Gasteiger partial charge is 0.322 e. The molecule has 8 N–H and O–H groups in total. The third kappa shape index (κ3) is 5.01. The van der Waals surface area contributed by atoms with E-state index in [2.05, 4.69) is 49.0 Å². The van der Waals surface area contributed by atoms with Crippen LogP contribution in [0.25, 0.3) is 0 Å². The molecule has 5 heterocycles. The number of hydrogen-bond acceptors (Lipinski definition) is 8. The summed E-state index contributed by atoms with van der Waals surface area (Å²) in [6, 6.07) is 0. The molecule has 9 fully saturated rings. The van der Waals surface area contributed by atoms with Crippen LogP contribution >= 0.6 is 0 Å². The summed E-state index contributed by atoms with van der Waals surface area (Å²) >= 11 is 0. The molecule has 8 bridgehead atoms. The van der Waals surface area contributed by atoms with Crippen molar-refractivity contribution in [2.75, 3.05) is 0 Å². The number of nitrogens with one attached hydrogen (secondary N) is 8. The van der Waals surface area contributed by atoms with Crippen molar-refractivity contribution in [3.8, 4) is 0 Å². The van der Waals surface area contributed by atoms with E-state index in [1.54, 1.807) is 0 Å². The van der Waals surface area contributed by atoms with Gasteiger partial charge in [-0.05, 0) is 80.0 Å². The summed E-state index contributed by atoms with van der Waals surface area (Å²) < 4.78 is 0. The summed E-state index contributed by atoms with van der Waals surface area (Å²) in [7, 11) is 0. The fourth-order valence-electron chi connectivity index (χ4n) is 11.7. The van der Waals surface area contributed by atoms with Crippen molar-refractivity contribution < 1.29 is 17.1 Å². The molecule has 16 atom stereocenters. The zero-order valence-corrected chi connectivity index (χ0v) is 25.7. The largest absolute Gasteiger partial charge is 1.00 e. The first-order valence-electron chi connectivity index (χ1n) is 17.7. The monoisotopic (exact) mass is 614 g/mol. The molecule has 16 unspecified atom stereocenters. The van der Waals surface area contributed by atoms with Crippen molar-refractivity contribution in [3.63, 3.8) is 0 Å². The molecular weight excluding hydrogens is 560 g/mol. The van der Waals surface area contributed by atoms with Gasteiger partial charge in [-0.1, -0.05) is 51.4 Å². The fraction of sp³-hybridized carbons (Fsp3) is 0.969. The molecule has 41 heavy (non-hydrogen) atoms. The second-order valence-corrected chi connectivity index (χ2v) is 15.4. The summed E-state index contributed by atoms with van der Waals surface area (Å²) in [6.45, 7) is 0. The maximum absolute atomic E-state index is 4.25. The quantitative estimate of drug-likeness (QED) is 0.156. The van der Waals surface area contributed by atoms with Gasteiger partial charge in [-0.2, -0.15) is 6.42 Å². The molecule has 4 aliphatic carbocycles. The van der Waals surface area contributed by atoms with E-state index in [-0.39, 0.29) is 17.1 Å². The van der Waals surface area contributed by atoms with Crippen molar-refractivity contribution in [2.45, 2.75) is 146 Å². The third-order valence-corrected chi connectivity index (χ3v) is 13.6. The van der Waals surface area contributed by atoms with Crippen molar-refractivity contribution in [1.29, 1.82) is 0 Å². The molecule has 234 valence electrons. The molecule has 0 spiro atoms. The van der Waals surface area contributed by atoms with Crippen LogP contribution in [0.1, 0.15) is 96.3 Å². The molecule has 9 rings (SSSR count). The summed E-state index contributed by atoms with van der Waals surface area (Å²) in [5.41, 5.74) is 0. The van der Waals surface area contributed by atoms with E-state index >= 15 is 0 Å². The van der Waals surface area contributed by atoms with E-state index in [0.717, 1.165) is 35.5 Å². The maximum atomic E-state index is 4.25. The summed E-state index contributed by atoms with van der Waals surface area (Å²) in [4.78, 5) is 0. The normalized spacial score (nSPS) is 56.2. The molecule has 0 aromatic heterocycles. The Kier molecular flexibility index (Phi) is 8.28. The van der Waals surface area contributed by atoms with Gasteiger partial charge in [0.05, 0.1) is 43.2 Å². The van der Waals surface area contributed by atoms with Crippen LogP contribution in [-0.2, 0) is 17.1 Å². The van der Waals surface area contributed by atoms with Crippen molar-refractivity contribution >= 4 is 0 Å². The van der Waals surface area contributed by atoms with Gasteiger partial charge in [0.1, 0.15) is 0 Å². The Morgan fingerprint density at radius 3 is 0.927 bits per heavy atom. The van der Waals surface area contributed by atoms with E-state index in [4.69, 9.17) is 0 Å². The van der Waals surface area contributed by atoms with Gasteiger partial charge in [-0.3, -0.25) is 42.5 Å². The molecule has 5 saturated heterocycles. The van der Waals surface area contributed by atoms with Gasteiger partial charge in [-0.15, -0.1) is 5.92 Å². The van der Waals surface area contributed by atoms with Gasteiger partial charge >= 0.3 is 17.1 Å². The van der Waals surface area contributed by atoms with Gasteiger partial charge < -0.3 is 6.42 Å². The first-order chi connectivity index (χ1) is 19.8. The standard InChI is InChI=1S/C32H55N8.Cu/c1-2-10-18-17(9-1)25-33-26(18)38-28-21-13-5-6-14-22(21)30(35-28)40-32-24-16-8-7-15-23(24)31(36-32)39-29-20-12-4-3-11-19(20)27(34-29)37-25;/h9,17-40H,1-8,10-16H2;/q-1;+1. The molecule has 0 aromatic rings. The first kappa shape index (κ1) is 28.7. The Labute approximate surface area is 258 Å². The van der Waals surface area contributed by atoms with Crippen molar-refractivity contribution in [2.24, 2.45) is 47.3 Å². The van der Waals surface area contributed by atoms with Gasteiger partial charge in [0.15, 0.2) is 0 Å². The minimum absolute atomic E-state index is 0. The van der Waals surface area contributed by atoms with Gasteiger partial charge in [0.25, 0.3) is 0 Å². The molecule has 9 heteroatoms. The minimum Gasteiger partial charge on any atom is -0.322 e. The van der Waals surface area contributed by atoms with Gasteiger partial charge in [0.2, 0.25) is 0 Å². The minimum atomic E-state index is 0. The van der Waals surface area contributed by atoms with Crippen molar-refractivity contribution in [3.05, 3.63) is 6.42 Å². The Bertz CT molecular complexity index is 716. The van der Waals surface area contributed by atoms with Gasteiger partial charge in [0, 0.05) is 6.17 Å². The summed E-state index contributed by atoms with van der Waals surface area (Å²) in [5.74, 6) is 5.74. The van der Waals surface area contributed by atoms with E-state index < -0.39 is 0 Å². The predicted octanol–water partition coefficient (Wildman–Crippen LogP) is 2.42. The third-order valence-electron chi connectivity index (χ3n) is 13.6. The Morgan fingerprint density at radius 2 is 0.585 bits per heavy atom. The predicted molar refractivity (Wildman–Crippen MR) is 157 cm³/mol. The molecule has 5 aliphatic heterocycles. The van der Waals surface area contributed by atoms with E-state index in [0.29, 0.717) is 61.2 Å². The molecule has 0 radical (unpaired) electrons. The van der Waals surface area contributed by atoms with Crippen LogP contribution in [0.4, 0.5) is 0 Å². The number of rotatable bonds is 0. The molecule has 9 aliphatic rings. The van der Waals surface area contributed by atoms with Crippen LogP contribution < -0.4 is 42.5 Å². The average molecular weight is 615 g/mol. The Morgan fingerprint density at radius 1 is 0.317 bits per heavy atom. The van der Waals surface area contributed by atoms with Crippen LogP contribution in [0.15, 0.2) is 0 Å². The SMILES string of the molecule is [CH-]1CCCC2C3NC(NC4NC(NC5NC(NC6NC(N3)C3CCCCC63)C3CCCCC53)C3CCCCC43)C12.[Cu+]. The number of fused-ring (bicyclic) bond motifs is 20. The van der Waals surface area contributed by atoms with Crippen LogP contribution in [0, 0.1) is 53.8 Å².